The van der Waals surface area contributed by atoms with Crippen LogP contribution in [-0.2, 0) is 4.79 Å². The monoisotopic (exact) mass is 304 g/mol. The molecule has 6 heteroatoms. The minimum atomic E-state index is -0.0213. The number of fused-ring (bicyclic) bond motifs is 1. The minimum absolute atomic E-state index is 0.0213. The maximum absolute atomic E-state index is 12.3. The molecule has 0 spiro atoms. The standard InChI is InChI=1S/C15H16N2O3S/c1-19-12-5-4-10(9-13(12)20-2)8-11-14(18)17-6-3-7-21-15(17)16-11/h4-5,8-9H,3,6-7H2,1-2H3/b11-8+. The average molecular weight is 304 g/mol. The summed E-state index contributed by atoms with van der Waals surface area (Å²) in [5, 5.41) is 0.818. The van der Waals surface area contributed by atoms with Gasteiger partial charge in [0.1, 0.15) is 5.70 Å². The Kier molecular flexibility index (Phi) is 3.88. The van der Waals surface area contributed by atoms with E-state index in [-0.39, 0.29) is 5.91 Å². The van der Waals surface area contributed by atoms with Gasteiger partial charge in [0.15, 0.2) is 16.7 Å². The zero-order chi connectivity index (χ0) is 14.8. The van der Waals surface area contributed by atoms with Gasteiger partial charge >= 0.3 is 0 Å². The molecule has 0 radical (unpaired) electrons. The van der Waals surface area contributed by atoms with Crippen LogP contribution < -0.4 is 9.47 Å². The Labute approximate surface area is 127 Å². The topological polar surface area (TPSA) is 51.1 Å². The Morgan fingerprint density at radius 3 is 2.81 bits per heavy atom. The van der Waals surface area contributed by atoms with Crippen LogP contribution in [0.15, 0.2) is 28.9 Å². The SMILES string of the molecule is COc1ccc(/C=C2/N=C3SCCCN3C2=O)cc1OC. The molecule has 0 saturated carbocycles. The molecule has 1 aromatic carbocycles. The van der Waals surface area contributed by atoms with Crippen LogP contribution in [-0.4, -0.2) is 42.5 Å². The molecule has 1 fully saturated rings. The summed E-state index contributed by atoms with van der Waals surface area (Å²) in [6, 6.07) is 5.54. The van der Waals surface area contributed by atoms with E-state index >= 15 is 0 Å². The van der Waals surface area contributed by atoms with Gasteiger partial charge in [-0.1, -0.05) is 17.8 Å². The van der Waals surface area contributed by atoms with E-state index in [4.69, 9.17) is 9.47 Å². The van der Waals surface area contributed by atoms with E-state index in [1.807, 2.05) is 18.2 Å². The number of carbonyl (C=O) groups is 1. The highest BCUT2D eigenvalue weighted by Crippen LogP contribution is 2.31. The van der Waals surface area contributed by atoms with Gasteiger partial charge in [-0.3, -0.25) is 9.69 Å². The van der Waals surface area contributed by atoms with Gasteiger partial charge in [0.25, 0.3) is 5.91 Å². The number of hydrogen-bond acceptors (Lipinski definition) is 5. The predicted molar refractivity (Wildman–Crippen MR) is 83.7 cm³/mol. The van der Waals surface area contributed by atoms with Gasteiger partial charge < -0.3 is 9.47 Å². The fourth-order valence-electron chi connectivity index (χ4n) is 2.32. The molecule has 0 bridgehead atoms. The predicted octanol–water partition coefficient (Wildman–Crippen LogP) is 2.38. The van der Waals surface area contributed by atoms with Gasteiger partial charge in [-0.05, 0) is 30.2 Å². The van der Waals surface area contributed by atoms with Crippen LogP contribution in [0.4, 0.5) is 0 Å². The summed E-state index contributed by atoms with van der Waals surface area (Å²) < 4.78 is 10.5. The number of rotatable bonds is 3. The first-order valence-electron chi connectivity index (χ1n) is 6.70. The van der Waals surface area contributed by atoms with Gasteiger partial charge in [0.05, 0.1) is 14.2 Å². The summed E-state index contributed by atoms with van der Waals surface area (Å²) in [7, 11) is 3.18. The highest BCUT2D eigenvalue weighted by atomic mass is 32.2. The smallest absolute Gasteiger partial charge is 0.278 e. The minimum Gasteiger partial charge on any atom is -0.493 e. The summed E-state index contributed by atoms with van der Waals surface area (Å²) >= 11 is 1.64. The largest absolute Gasteiger partial charge is 0.493 e. The lowest BCUT2D eigenvalue weighted by Crippen LogP contribution is -2.34. The third kappa shape index (κ3) is 2.63. The van der Waals surface area contributed by atoms with Crippen LogP contribution in [0.3, 0.4) is 0 Å². The van der Waals surface area contributed by atoms with Crippen LogP contribution in [0.2, 0.25) is 0 Å². The normalized spacial score (nSPS) is 19.5. The molecular formula is C15H16N2O3S. The average Bonchev–Trinajstić information content (AvgIpc) is 2.84. The van der Waals surface area contributed by atoms with E-state index in [1.165, 1.54) is 0 Å². The summed E-state index contributed by atoms with van der Waals surface area (Å²) in [6.45, 7) is 0.758. The Hall–Kier alpha value is -1.95. The van der Waals surface area contributed by atoms with E-state index in [9.17, 15) is 4.79 Å². The highest BCUT2D eigenvalue weighted by Gasteiger charge is 2.32. The van der Waals surface area contributed by atoms with Crippen molar-refractivity contribution < 1.29 is 14.3 Å². The summed E-state index contributed by atoms with van der Waals surface area (Å²) in [5.41, 5.74) is 1.34. The van der Waals surface area contributed by atoms with Crippen LogP contribution in [0.5, 0.6) is 11.5 Å². The second-order valence-electron chi connectivity index (χ2n) is 4.70. The fraction of sp³-hybridized carbons (Fsp3) is 0.333. The van der Waals surface area contributed by atoms with Crippen molar-refractivity contribution in [1.82, 2.24) is 4.90 Å². The molecule has 0 unspecified atom stereocenters. The first kappa shape index (κ1) is 14.0. The van der Waals surface area contributed by atoms with Crippen molar-refractivity contribution in [2.45, 2.75) is 6.42 Å². The van der Waals surface area contributed by atoms with Crippen molar-refractivity contribution in [2.75, 3.05) is 26.5 Å². The van der Waals surface area contributed by atoms with E-state index < -0.39 is 0 Å². The number of amides is 1. The molecule has 110 valence electrons. The van der Waals surface area contributed by atoms with Gasteiger partial charge in [-0.15, -0.1) is 0 Å². The van der Waals surface area contributed by atoms with E-state index in [0.717, 1.165) is 29.4 Å². The molecule has 1 saturated heterocycles. The lowest BCUT2D eigenvalue weighted by molar-refractivity contribution is -0.122. The molecule has 2 aliphatic rings. The molecule has 1 amide bonds. The molecule has 2 heterocycles. The van der Waals surface area contributed by atoms with Gasteiger partial charge in [0, 0.05) is 12.3 Å². The maximum atomic E-state index is 12.3. The second kappa shape index (κ2) is 5.81. The lowest BCUT2D eigenvalue weighted by Gasteiger charge is -2.21. The molecule has 0 N–H and O–H groups in total. The molecule has 1 aromatic rings. The van der Waals surface area contributed by atoms with Gasteiger partial charge in [-0.25, -0.2) is 4.99 Å². The first-order chi connectivity index (χ1) is 10.2. The molecule has 0 aliphatic carbocycles. The highest BCUT2D eigenvalue weighted by molar-refractivity contribution is 8.13. The van der Waals surface area contributed by atoms with Crippen molar-refractivity contribution in [3.8, 4) is 11.5 Å². The molecular weight excluding hydrogens is 288 g/mol. The third-order valence-corrected chi connectivity index (χ3v) is 4.44. The molecule has 3 rings (SSSR count). The van der Waals surface area contributed by atoms with Crippen molar-refractivity contribution in [2.24, 2.45) is 4.99 Å². The molecule has 2 aliphatic heterocycles. The second-order valence-corrected chi connectivity index (χ2v) is 5.76. The van der Waals surface area contributed by atoms with Crippen molar-refractivity contribution >= 4 is 28.9 Å². The van der Waals surface area contributed by atoms with Crippen LogP contribution in [0.25, 0.3) is 6.08 Å². The number of hydrogen-bond donors (Lipinski definition) is 0. The number of ether oxygens (including phenoxy) is 2. The number of nitrogens with zero attached hydrogens (tertiary/aromatic N) is 2. The summed E-state index contributed by atoms with van der Waals surface area (Å²) in [5.74, 6) is 2.30. The zero-order valence-corrected chi connectivity index (χ0v) is 12.8. The third-order valence-electron chi connectivity index (χ3n) is 3.38. The Morgan fingerprint density at radius 2 is 2.10 bits per heavy atom. The number of methoxy groups -OCH3 is 2. The molecule has 5 nitrogen and oxygen atoms in total. The van der Waals surface area contributed by atoms with Crippen LogP contribution in [0, 0.1) is 0 Å². The first-order valence-corrected chi connectivity index (χ1v) is 7.68. The number of benzene rings is 1. The summed E-state index contributed by atoms with van der Waals surface area (Å²) in [6.07, 6.45) is 2.80. The van der Waals surface area contributed by atoms with Crippen LogP contribution >= 0.6 is 11.8 Å². The summed E-state index contributed by atoms with van der Waals surface area (Å²) in [4.78, 5) is 18.5. The lowest BCUT2D eigenvalue weighted by atomic mass is 10.1. The van der Waals surface area contributed by atoms with E-state index in [1.54, 1.807) is 37.0 Å². The van der Waals surface area contributed by atoms with E-state index in [2.05, 4.69) is 4.99 Å². The number of thioether (sulfide) groups is 1. The molecule has 0 aromatic heterocycles. The van der Waals surface area contributed by atoms with Gasteiger partial charge in [0.2, 0.25) is 0 Å². The molecule has 21 heavy (non-hydrogen) atoms. The Balaban J connectivity index is 1.92. The Morgan fingerprint density at radius 1 is 1.29 bits per heavy atom. The number of aliphatic imine (C=N–C) groups is 1. The fourth-order valence-corrected chi connectivity index (χ4v) is 3.27. The van der Waals surface area contributed by atoms with Crippen molar-refractivity contribution in [3.63, 3.8) is 0 Å². The van der Waals surface area contributed by atoms with Crippen molar-refractivity contribution in [1.29, 1.82) is 0 Å². The number of amidine groups is 1. The Bertz CT molecular complexity index is 640. The van der Waals surface area contributed by atoms with Gasteiger partial charge in [-0.2, -0.15) is 0 Å². The zero-order valence-electron chi connectivity index (χ0n) is 12.0. The van der Waals surface area contributed by atoms with Crippen molar-refractivity contribution in [3.05, 3.63) is 29.5 Å². The maximum Gasteiger partial charge on any atom is 0.278 e. The molecule has 0 atom stereocenters. The van der Waals surface area contributed by atoms with E-state index in [0.29, 0.717) is 17.2 Å². The number of carbonyl (C=O) groups excluding carboxylic acids is 1. The van der Waals surface area contributed by atoms with Crippen LogP contribution in [0.1, 0.15) is 12.0 Å². The quantitative estimate of drug-likeness (QED) is 0.805.